The molecule has 0 aliphatic rings. The molecule has 0 aliphatic carbocycles. The van der Waals surface area contributed by atoms with Crippen LogP contribution in [0.2, 0.25) is 0 Å². The van der Waals surface area contributed by atoms with Crippen molar-refractivity contribution < 1.29 is 23.5 Å². The lowest BCUT2D eigenvalue weighted by Crippen LogP contribution is -1.99. The van der Waals surface area contributed by atoms with Crippen molar-refractivity contribution >= 4 is 0 Å². The molecule has 0 saturated heterocycles. The molecule has 148 valence electrons. The molecule has 0 fully saturated rings. The Hall–Kier alpha value is -3.15. The summed E-state index contributed by atoms with van der Waals surface area (Å²) in [7, 11) is 6.24. The number of benzene rings is 2. The van der Waals surface area contributed by atoms with Gasteiger partial charge in [0.25, 0.3) is 0 Å². The molecule has 0 spiro atoms. The molecule has 0 saturated carbocycles. The van der Waals surface area contributed by atoms with Gasteiger partial charge < -0.3 is 23.5 Å². The van der Waals surface area contributed by atoms with E-state index >= 15 is 0 Å². The molecule has 1 aromatic heterocycles. The summed E-state index contributed by atoms with van der Waals surface area (Å²) < 4.78 is 27.5. The minimum atomic E-state index is 0.438. The summed E-state index contributed by atoms with van der Waals surface area (Å²) in [6, 6.07) is 12.0. The quantitative estimate of drug-likeness (QED) is 0.546. The molecule has 0 atom stereocenters. The second kappa shape index (κ2) is 8.69. The SMILES string of the molecule is CCCc1ccc(-c2cc(-c3cc(OC)c(OC)c(OC)c3OC)no2)cc1. The second-order valence-electron chi connectivity index (χ2n) is 6.25. The number of hydrogen-bond acceptors (Lipinski definition) is 6. The molecule has 3 aromatic rings. The Morgan fingerprint density at radius 3 is 2.07 bits per heavy atom. The maximum absolute atomic E-state index is 5.59. The Balaban J connectivity index is 2.05. The lowest BCUT2D eigenvalue weighted by Gasteiger charge is -2.17. The summed E-state index contributed by atoms with van der Waals surface area (Å²) >= 11 is 0. The summed E-state index contributed by atoms with van der Waals surface area (Å²) in [6.45, 7) is 2.17. The second-order valence-corrected chi connectivity index (χ2v) is 6.25. The van der Waals surface area contributed by atoms with E-state index in [2.05, 4.69) is 24.2 Å². The molecular weight excluding hydrogens is 358 g/mol. The van der Waals surface area contributed by atoms with E-state index in [1.165, 1.54) is 5.56 Å². The third-order valence-corrected chi connectivity index (χ3v) is 4.55. The van der Waals surface area contributed by atoms with Gasteiger partial charge in [-0.05, 0) is 18.1 Å². The van der Waals surface area contributed by atoms with E-state index in [4.69, 9.17) is 23.5 Å². The fourth-order valence-corrected chi connectivity index (χ4v) is 3.19. The first-order valence-electron chi connectivity index (χ1n) is 9.10. The van der Waals surface area contributed by atoms with Gasteiger partial charge in [-0.3, -0.25) is 0 Å². The molecule has 6 nitrogen and oxygen atoms in total. The van der Waals surface area contributed by atoms with Gasteiger partial charge in [0, 0.05) is 11.6 Å². The van der Waals surface area contributed by atoms with Crippen LogP contribution in [0.3, 0.4) is 0 Å². The predicted molar refractivity (Wildman–Crippen MR) is 108 cm³/mol. The predicted octanol–water partition coefficient (Wildman–Crippen LogP) is 5.00. The molecule has 28 heavy (non-hydrogen) atoms. The number of nitrogens with zero attached hydrogens (tertiary/aromatic N) is 1. The minimum absolute atomic E-state index is 0.438. The number of rotatable bonds is 8. The van der Waals surface area contributed by atoms with Crippen LogP contribution in [0, 0.1) is 0 Å². The van der Waals surface area contributed by atoms with Crippen LogP contribution in [0.4, 0.5) is 0 Å². The lowest BCUT2D eigenvalue weighted by molar-refractivity contribution is 0.306. The highest BCUT2D eigenvalue weighted by Gasteiger charge is 2.24. The Labute approximate surface area is 165 Å². The fraction of sp³-hybridized carbons (Fsp3) is 0.318. The van der Waals surface area contributed by atoms with Gasteiger partial charge in [0.2, 0.25) is 11.5 Å². The maximum atomic E-state index is 5.59. The van der Waals surface area contributed by atoms with Crippen LogP contribution in [-0.2, 0) is 6.42 Å². The Morgan fingerprint density at radius 1 is 0.821 bits per heavy atom. The molecule has 2 aromatic carbocycles. The highest BCUT2D eigenvalue weighted by atomic mass is 16.5. The first-order valence-corrected chi connectivity index (χ1v) is 9.10. The minimum Gasteiger partial charge on any atom is -0.493 e. The molecule has 0 amide bonds. The smallest absolute Gasteiger partial charge is 0.207 e. The van der Waals surface area contributed by atoms with Crippen LogP contribution in [0.5, 0.6) is 23.0 Å². The molecule has 1 heterocycles. The van der Waals surface area contributed by atoms with E-state index in [9.17, 15) is 0 Å². The van der Waals surface area contributed by atoms with Crippen LogP contribution in [-0.4, -0.2) is 33.6 Å². The van der Waals surface area contributed by atoms with Crippen molar-refractivity contribution in [2.24, 2.45) is 0 Å². The zero-order valence-corrected chi connectivity index (χ0v) is 16.9. The summed E-state index contributed by atoms with van der Waals surface area (Å²) in [4.78, 5) is 0. The summed E-state index contributed by atoms with van der Waals surface area (Å²) in [6.07, 6.45) is 2.18. The summed E-state index contributed by atoms with van der Waals surface area (Å²) in [5.41, 5.74) is 3.57. The van der Waals surface area contributed by atoms with Gasteiger partial charge in [-0.25, -0.2) is 0 Å². The zero-order valence-electron chi connectivity index (χ0n) is 16.9. The van der Waals surface area contributed by atoms with E-state index in [0.29, 0.717) is 40.0 Å². The molecule has 0 N–H and O–H groups in total. The first-order chi connectivity index (χ1) is 13.7. The topological polar surface area (TPSA) is 63.0 Å². The van der Waals surface area contributed by atoms with Gasteiger partial charge in [-0.2, -0.15) is 0 Å². The van der Waals surface area contributed by atoms with Crippen molar-refractivity contribution in [2.75, 3.05) is 28.4 Å². The molecule has 0 radical (unpaired) electrons. The average molecular weight is 383 g/mol. The summed E-state index contributed by atoms with van der Waals surface area (Å²) in [5.74, 6) is 2.59. The van der Waals surface area contributed by atoms with E-state index in [-0.39, 0.29) is 0 Å². The normalized spacial score (nSPS) is 10.6. The lowest BCUT2D eigenvalue weighted by atomic mass is 10.0. The average Bonchev–Trinajstić information content (AvgIpc) is 3.22. The summed E-state index contributed by atoms with van der Waals surface area (Å²) in [5, 5.41) is 4.23. The molecule has 0 bridgehead atoms. The van der Waals surface area contributed by atoms with Crippen molar-refractivity contribution in [1.82, 2.24) is 5.16 Å². The third kappa shape index (κ3) is 3.63. The van der Waals surface area contributed by atoms with E-state index in [1.54, 1.807) is 34.5 Å². The van der Waals surface area contributed by atoms with Crippen LogP contribution < -0.4 is 18.9 Å². The van der Waals surface area contributed by atoms with E-state index in [1.807, 2.05) is 18.2 Å². The third-order valence-electron chi connectivity index (χ3n) is 4.55. The van der Waals surface area contributed by atoms with Crippen molar-refractivity contribution in [1.29, 1.82) is 0 Å². The number of ether oxygens (including phenoxy) is 4. The van der Waals surface area contributed by atoms with Gasteiger partial charge >= 0.3 is 0 Å². The molecule has 6 heteroatoms. The Bertz CT molecular complexity index is 931. The van der Waals surface area contributed by atoms with Crippen LogP contribution >= 0.6 is 0 Å². The van der Waals surface area contributed by atoms with Crippen molar-refractivity contribution in [3.8, 4) is 45.6 Å². The molecule has 3 rings (SSSR count). The Kier molecular flexibility index (Phi) is 6.09. The zero-order chi connectivity index (χ0) is 20.1. The van der Waals surface area contributed by atoms with Crippen LogP contribution in [0.15, 0.2) is 40.9 Å². The molecular formula is C22H25NO5. The number of aromatic nitrogens is 1. The van der Waals surface area contributed by atoms with Crippen LogP contribution in [0.25, 0.3) is 22.6 Å². The van der Waals surface area contributed by atoms with Gasteiger partial charge in [-0.1, -0.05) is 42.8 Å². The molecule has 0 aliphatic heterocycles. The fourth-order valence-electron chi connectivity index (χ4n) is 3.19. The Morgan fingerprint density at radius 2 is 1.50 bits per heavy atom. The highest BCUT2D eigenvalue weighted by Crippen LogP contribution is 2.50. The van der Waals surface area contributed by atoms with E-state index in [0.717, 1.165) is 18.4 Å². The highest BCUT2D eigenvalue weighted by molar-refractivity contribution is 5.79. The number of aryl methyl sites for hydroxylation is 1. The van der Waals surface area contributed by atoms with Gasteiger partial charge in [0.15, 0.2) is 17.3 Å². The van der Waals surface area contributed by atoms with Gasteiger partial charge in [0.1, 0.15) is 5.69 Å². The maximum Gasteiger partial charge on any atom is 0.207 e. The van der Waals surface area contributed by atoms with Crippen LogP contribution in [0.1, 0.15) is 18.9 Å². The van der Waals surface area contributed by atoms with E-state index < -0.39 is 0 Å². The van der Waals surface area contributed by atoms with Gasteiger partial charge in [0.05, 0.1) is 34.0 Å². The van der Waals surface area contributed by atoms with Crippen molar-refractivity contribution in [3.63, 3.8) is 0 Å². The largest absolute Gasteiger partial charge is 0.493 e. The number of methoxy groups -OCH3 is 4. The molecule has 0 unspecified atom stereocenters. The first kappa shape index (κ1) is 19.6. The monoisotopic (exact) mass is 383 g/mol. The van der Waals surface area contributed by atoms with Gasteiger partial charge in [-0.15, -0.1) is 0 Å². The van der Waals surface area contributed by atoms with Crippen molar-refractivity contribution in [2.45, 2.75) is 19.8 Å². The standard InChI is InChI=1S/C22H25NO5/c1-6-7-14-8-10-15(11-9-14)18-13-17(23-28-18)16-12-19(24-2)21(26-4)22(27-5)20(16)25-3/h8-13H,6-7H2,1-5H3. The number of hydrogen-bond donors (Lipinski definition) is 0. The van der Waals surface area contributed by atoms with Crippen molar-refractivity contribution in [3.05, 3.63) is 42.0 Å².